The summed E-state index contributed by atoms with van der Waals surface area (Å²) in [6.45, 7) is 3.61. The first-order valence-corrected chi connectivity index (χ1v) is 5.95. The van der Waals surface area contributed by atoms with Gasteiger partial charge < -0.3 is 4.90 Å². The lowest BCUT2D eigenvalue weighted by molar-refractivity contribution is 0.0636. The molecule has 0 aromatic carbocycles. The maximum absolute atomic E-state index is 13.5. The Labute approximate surface area is 94.2 Å². The molecule has 1 heterocycles. The molecule has 88 valence electrons. The van der Waals surface area contributed by atoms with Gasteiger partial charge in [-0.15, -0.1) is 0 Å². The fraction of sp³-hybridized carbons (Fsp3) is 0.917. The quantitative estimate of drug-likeness (QED) is 0.722. The Kier molecular flexibility index (Phi) is 1.80. The molecule has 0 radical (unpaired) electrons. The molecule has 4 heteroatoms. The molecule has 0 spiro atoms. The second-order valence-corrected chi connectivity index (χ2v) is 5.97. The molecular formula is C12H16F2N2. The Morgan fingerprint density at radius 1 is 1.38 bits per heavy atom. The number of alkyl halides is 2. The Morgan fingerprint density at radius 3 is 2.56 bits per heavy atom. The van der Waals surface area contributed by atoms with Gasteiger partial charge in [-0.25, -0.2) is 8.78 Å². The second kappa shape index (κ2) is 2.76. The number of hydrogen-bond donors (Lipinski definition) is 0. The highest BCUT2D eigenvalue weighted by Crippen LogP contribution is 2.69. The molecule has 0 aromatic rings. The Bertz CT molecular complexity index is 370. The van der Waals surface area contributed by atoms with Crippen molar-refractivity contribution >= 4 is 0 Å². The first kappa shape index (κ1) is 10.5. The van der Waals surface area contributed by atoms with E-state index in [0.717, 1.165) is 19.4 Å². The SMILES string of the molecule is CC12CCN(CC3(C#N)CC3)CC1C2(F)F. The zero-order valence-electron chi connectivity index (χ0n) is 9.47. The normalized spacial score (nSPS) is 43.2. The predicted molar refractivity (Wildman–Crippen MR) is 54.9 cm³/mol. The average Bonchev–Trinajstić information content (AvgIpc) is 3.09. The second-order valence-electron chi connectivity index (χ2n) is 5.97. The van der Waals surface area contributed by atoms with Gasteiger partial charge in [-0.1, -0.05) is 6.92 Å². The summed E-state index contributed by atoms with van der Waals surface area (Å²) >= 11 is 0. The van der Waals surface area contributed by atoms with Gasteiger partial charge in [0.25, 0.3) is 5.92 Å². The molecule has 0 bridgehead atoms. The highest BCUT2D eigenvalue weighted by molar-refractivity contribution is 5.19. The molecule has 2 atom stereocenters. The maximum atomic E-state index is 13.5. The van der Waals surface area contributed by atoms with Gasteiger partial charge in [0.15, 0.2) is 0 Å². The topological polar surface area (TPSA) is 27.0 Å². The van der Waals surface area contributed by atoms with E-state index in [9.17, 15) is 8.78 Å². The van der Waals surface area contributed by atoms with Gasteiger partial charge in [-0.3, -0.25) is 0 Å². The van der Waals surface area contributed by atoms with Crippen molar-refractivity contribution in [2.45, 2.75) is 32.1 Å². The lowest BCUT2D eigenvalue weighted by Gasteiger charge is -2.29. The lowest BCUT2D eigenvalue weighted by atomic mass is 9.96. The van der Waals surface area contributed by atoms with Gasteiger partial charge in [0.05, 0.1) is 11.5 Å². The van der Waals surface area contributed by atoms with E-state index in [2.05, 4.69) is 11.0 Å². The molecule has 2 nitrogen and oxygen atoms in total. The van der Waals surface area contributed by atoms with Gasteiger partial charge in [0, 0.05) is 24.4 Å². The Hall–Kier alpha value is -0.690. The summed E-state index contributed by atoms with van der Waals surface area (Å²) in [5.74, 6) is -2.94. The number of nitrogens with zero attached hydrogens (tertiary/aromatic N) is 2. The van der Waals surface area contributed by atoms with Crippen molar-refractivity contribution < 1.29 is 8.78 Å². The molecule has 2 aliphatic carbocycles. The van der Waals surface area contributed by atoms with Crippen LogP contribution in [0.15, 0.2) is 0 Å². The molecule has 16 heavy (non-hydrogen) atoms. The van der Waals surface area contributed by atoms with E-state index in [1.807, 2.05) is 0 Å². The van der Waals surface area contributed by atoms with Crippen LogP contribution in [0, 0.1) is 28.1 Å². The van der Waals surface area contributed by atoms with Crippen LogP contribution in [0.3, 0.4) is 0 Å². The smallest absolute Gasteiger partial charge is 0.258 e. The van der Waals surface area contributed by atoms with Crippen LogP contribution in [0.4, 0.5) is 8.78 Å². The number of nitriles is 1. The fourth-order valence-electron chi connectivity index (χ4n) is 3.10. The number of hydrogen-bond acceptors (Lipinski definition) is 2. The number of halogens is 2. The zero-order valence-corrected chi connectivity index (χ0v) is 9.47. The monoisotopic (exact) mass is 226 g/mol. The van der Waals surface area contributed by atoms with E-state index in [1.54, 1.807) is 6.92 Å². The minimum atomic E-state index is -2.47. The van der Waals surface area contributed by atoms with Crippen LogP contribution in [-0.4, -0.2) is 30.5 Å². The molecule has 3 fully saturated rings. The van der Waals surface area contributed by atoms with E-state index in [0.29, 0.717) is 19.5 Å². The van der Waals surface area contributed by atoms with Crippen LogP contribution in [0.25, 0.3) is 0 Å². The average molecular weight is 226 g/mol. The van der Waals surface area contributed by atoms with Crippen molar-refractivity contribution in [1.82, 2.24) is 4.90 Å². The van der Waals surface area contributed by atoms with Crippen molar-refractivity contribution in [3.63, 3.8) is 0 Å². The third kappa shape index (κ3) is 1.18. The van der Waals surface area contributed by atoms with E-state index in [4.69, 9.17) is 5.26 Å². The summed E-state index contributed by atoms with van der Waals surface area (Å²) < 4.78 is 27.0. The highest BCUT2D eigenvalue weighted by atomic mass is 19.3. The van der Waals surface area contributed by atoms with E-state index < -0.39 is 17.3 Å². The number of fused-ring (bicyclic) bond motifs is 1. The van der Waals surface area contributed by atoms with Crippen LogP contribution in [-0.2, 0) is 0 Å². The molecule has 0 N–H and O–H groups in total. The third-order valence-corrected chi connectivity index (χ3v) is 4.89. The van der Waals surface area contributed by atoms with E-state index in [1.165, 1.54) is 0 Å². The van der Waals surface area contributed by atoms with Crippen LogP contribution < -0.4 is 0 Å². The first-order chi connectivity index (χ1) is 7.44. The molecule has 1 saturated heterocycles. The molecule has 2 unspecified atom stereocenters. The highest BCUT2D eigenvalue weighted by Gasteiger charge is 2.78. The zero-order chi connectivity index (χ0) is 11.6. The maximum Gasteiger partial charge on any atom is 0.258 e. The van der Waals surface area contributed by atoms with Gasteiger partial charge in [0.2, 0.25) is 0 Å². The summed E-state index contributed by atoms with van der Waals surface area (Å²) in [6.07, 6.45) is 2.46. The predicted octanol–water partition coefficient (Wildman–Crippen LogP) is 2.27. The molecule has 0 amide bonds. The molecular weight excluding hydrogens is 210 g/mol. The molecule has 3 rings (SSSR count). The first-order valence-electron chi connectivity index (χ1n) is 5.95. The largest absolute Gasteiger partial charge is 0.301 e. The van der Waals surface area contributed by atoms with Crippen molar-refractivity contribution in [3.8, 4) is 6.07 Å². The summed E-state index contributed by atoms with van der Waals surface area (Å²) in [4.78, 5) is 2.07. The Morgan fingerprint density at radius 2 is 2.06 bits per heavy atom. The third-order valence-electron chi connectivity index (χ3n) is 4.89. The number of rotatable bonds is 2. The summed E-state index contributed by atoms with van der Waals surface area (Å²) in [5, 5.41) is 8.99. The number of likely N-dealkylation sites (tertiary alicyclic amines) is 1. The summed E-state index contributed by atoms with van der Waals surface area (Å²) in [6, 6.07) is 2.33. The number of piperidine rings is 1. The van der Waals surface area contributed by atoms with Crippen LogP contribution >= 0.6 is 0 Å². The summed E-state index contributed by atoms with van der Waals surface area (Å²) in [7, 11) is 0. The lowest BCUT2D eigenvalue weighted by Crippen LogP contribution is -2.37. The molecule has 1 aliphatic heterocycles. The van der Waals surface area contributed by atoms with Crippen LogP contribution in [0.5, 0.6) is 0 Å². The van der Waals surface area contributed by atoms with Gasteiger partial charge in [-0.05, 0) is 25.8 Å². The van der Waals surface area contributed by atoms with Gasteiger partial charge in [0.1, 0.15) is 0 Å². The summed E-state index contributed by atoms with van der Waals surface area (Å²) in [5.41, 5.74) is -0.940. The minimum absolute atomic E-state index is 0.197. The standard InChI is InChI=1S/C12H16F2N2/c1-10-4-5-16(6-9(10)12(10,13)14)8-11(7-15)2-3-11/h9H,2-6,8H2,1H3. The van der Waals surface area contributed by atoms with Crippen molar-refractivity contribution in [1.29, 1.82) is 5.26 Å². The van der Waals surface area contributed by atoms with E-state index >= 15 is 0 Å². The van der Waals surface area contributed by atoms with Crippen LogP contribution in [0.2, 0.25) is 0 Å². The van der Waals surface area contributed by atoms with Gasteiger partial charge in [-0.2, -0.15) is 5.26 Å². The molecule has 0 aromatic heterocycles. The van der Waals surface area contributed by atoms with Crippen LogP contribution in [0.1, 0.15) is 26.2 Å². The Balaban J connectivity index is 1.64. The van der Waals surface area contributed by atoms with Crippen molar-refractivity contribution in [2.24, 2.45) is 16.7 Å². The van der Waals surface area contributed by atoms with E-state index in [-0.39, 0.29) is 5.41 Å². The molecule has 3 aliphatic rings. The van der Waals surface area contributed by atoms with Crippen molar-refractivity contribution in [3.05, 3.63) is 0 Å². The molecule has 2 saturated carbocycles. The fourth-order valence-corrected chi connectivity index (χ4v) is 3.10. The van der Waals surface area contributed by atoms with Crippen molar-refractivity contribution in [2.75, 3.05) is 19.6 Å². The van der Waals surface area contributed by atoms with Gasteiger partial charge >= 0.3 is 0 Å². The minimum Gasteiger partial charge on any atom is -0.301 e.